The van der Waals surface area contributed by atoms with Gasteiger partial charge in [0.2, 0.25) is 0 Å². The normalized spacial score (nSPS) is 19.3. The monoisotopic (exact) mass is 268 g/mol. The predicted octanol–water partition coefficient (Wildman–Crippen LogP) is 4.47. The van der Waals surface area contributed by atoms with Crippen molar-refractivity contribution in [2.45, 2.75) is 45.1 Å². The van der Waals surface area contributed by atoms with Crippen molar-refractivity contribution in [3.8, 4) is 0 Å². The van der Waals surface area contributed by atoms with Gasteiger partial charge in [-0.1, -0.05) is 31.9 Å². The predicted molar refractivity (Wildman–Crippen MR) is 84.7 cm³/mol. The summed E-state index contributed by atoms with van der Waals surface area (Å²) in [7, 11) is 2.10. The van der Waals surface area contributed by atoms with Gasteiger partial charge in [-0.25, -0.2) is 0 Å². The van der Waals surface area contributed by atoms with E-state index in [1.54, 1.807) is 0 Å². The molecule has 1 fully saturated rings. The first-order valence-electron chi connectivity index (χ1n) is 7.81. The Labute approximate surface area is 121 Å². The minimum Gasteiger partial charge on any atom is -0.313 e. The zero-order chi connectivity index (χ0) is 14.0. The van der Waals surface area contributed by atoms with Crippen LogP contribution in [0.25, 0.3) is 10.9 Å². The summed E-state index contributed by atoms with van der Waals surface area (Å²) < 4.78 is 0. The number of fused-ring (bicyclic) bond motifs is 1. The molecule has 3 rings (SSSR count). The summed E-state index contributed by atoms with van der Waals surface area (Å²) in [4.78, 5) is 4.42. The Morgan fingerprint density at radius 1 is 1.25 bits per heavy atom. The fourth-order valence-electron chi connectivity index (χ4n) is 4.03. The van der Waals surface area contributed by atoms with Gasteiger partial charge in [-0.2, -0.15) is 0 Å². The second-order valence-electron chi connectivity index (χ2n) is 6.10. The maximum Gasteiger partial charge on any atom is 0.0702 e. The number of rotatable bonds is 4. The second kappa shape index (κ2) is 5.53. The molecule has 1 aliphatic carbocycles. The fraction of sp³-hybridized carbons (Fsp3) is 0.500. The van der Waals surface area contributed by atoms with Gasteiger partial charge in [0.15, 0.2) is 0 Å². The van der Waals surface area contributed by atoms with E-state index in [-0.39, 0.29) is 0 Å². The molecule has 1 aromatic carbocycles. The van der Waals surface area contributed by atoms with E-state index in [2.05, 4.69) is 48.5 Å². The molecule has 2 nitrogen and oxygen atoms in total. The molecule has 2 aromatic rings. The van der Waals surface area contributed by atoms with Crippen LogP contribution in [-0.4, -0.2) is 12.0 Å². The highest BCUT2D eigenvalue weighted by atomic mass is 14.9. The standard InChI is InChI=1S/C18H24N2/c1-3-18(10-4-5-11-18)17(19-2)15-8-9-16-14(13-15)7-6-12-20-16/h6-9,12-13,17,19H,3-5,10-11H2,1-2H3. The number of hydrogen-bond donors (Lipinski definition) is 1. The Morgan fingerprint density at radius 3 is 2.75 bits per heavy atom. The SMILES string of the molecule is CCC1(C(NC)c2ccc3ncccc3c2)CCCC1. The van der Waals surface area contributed by atoms with Crippen LogP contribution in [0.2, 0.25) is 0 Å². The van der Waals surface area contributed by atoms with Crippen LogP contribution in [0, 0.1) is 5.41 Å². The molecule has 1 unspecified atom stereocenters. The van der Waals surface area contributed by atoms with Crippen molar-refractivity contribution in [3.63, 3.8) is 0 Å². The number of aromatic nitrogens is 1. The number of benzene rings is 1. The first kappa shape index (κ1) is 13.6. The summed E-state index contributed by atoms with van der Waals surface area (Å²) in [5.74, 6) is 0. The Bertz CT molecular complexity index is 585. The number of nitrogens with zero attached hydrogens (tertiary/aromatic N) is 1. The van der Waals surface area contributed by atoms with E-state index in [0.29, 0.717) is 11.5 Å². The Kier molecular flexibility index (Phi) is 3.75. The zero-order valence-electron chi connectivity index (χ0n) is 12.5. The van der Waals surface area contributed by atoms with E-state index < -0.39 is 0 Å². The van der Waals surface area contributed by atoms with Crippen LogP contribution in [0.3, 0.4) is 0 Å². The molecular weight excluding hydrogens is 244 g/mol. The van der Waals surface area contributed by atoms with Gasteiger partial charge in [0, 0.05) is 17.6 Å². The third kappa shape index (κ3) is 2.22. The van der Waals surface area contributed by atoms with Gasteiger partial charge >= 0.3 is 0 Å². The van der Waals surface area contributed by atoms with E-state index >= 15 is 0 Å². The summed E-state index contributed by atoms with van der Waals surface area (Å²) in [6.07, 6.45) is 8.56. The van der Waals surface area contributed by atoms with E-state index in [0.717, 1.165) is 5.52 Å². The van der Waals surface area contributed by atoms with E-state index in [1.165, 1.54) is 43.1 Å². The zero-order valence-corrected chi connectivity index (χ0v) is 12.5. The van der Waals surface area contributed by atoms with Crippen molar-refractivity contribution in [2.24, 2.45) is 5.41 Å². The molecule has 1 aromatic heterocycles. The molecule has 0 radical (unpaired) electrons. The van der Waals surface area contributed by atoms with E-state index in [9.17, 15) is 0 Å². The van der Waals surface area contributed by atoms with Gasteiger partial charge in [-0.05, 0) is 55.5 Å². The van der Waals surface area contributed by atoms with Crippen LogP contribution >= 0.6 is 0 Å². The highest BCUT2D eigenvalue weighted by Gasteiger charge is 2.39. The first-order chi connectivity index (χ1) is 9.79. The molecule has 1 heterocycles. The lowest BCUT2D eigenvalue weighted by Gasteiger charge is -2.37. The van der Waals surface area contributed by atoms with Crippen molar-refractivity contribution in [3.05, 3.63) is 42.1 Å². The van der Waals surface area contributed by atoms with Crippen molar-refractivity contribution in [1.82, 2.24) is 10.3 Å². The van der Waals surface area contributed by atoms with Crippen molar-refractivity contribution in [1.29, 1.82) is 0 Å². The average Bonchev–Trinajstić information content (AvgIpc) is 2.98. The molecule has 1 saturated carbocycles. The molecule has 0 aliphatic heterocycles. The molecule has 106 valence electrons. The lowest BCUT2D eigenvalue weighted by atomic mass is 9.73. The maximum atomic E-state index is 4.42. The second-order valence-corrected chi connectivity index (χ2v) is 6.10. The van der Waals surface area contributed by atoms with Crippen molar-refractivity contribution >= 4 is 10.9 Å². The molecule has 0 amide bonds. The number of hydrogen-bond acceptors (Lipinski definition) is 2. The molecule has 1 N–H and O–H groups in total. The highest BCUT2D eigenvalue weighted by Crippen LogP contribution is 2.50. The fourth-order valence-corrected chi connectivity index (χ4v) is 4.03. The molecule has 0 saturated heterocycles. The number of pyridine rings is 1. The van der Waals surface area contributed by atoms with Gasteiger partial charge in [-0.15, -0.1) is 0 Å². The highest BCUT2D eigenvalue weighted by molar-refractivity contribution is 5.79. The lowest BCUT2D eigenvalue weighted by molar-refractivity contribution is 0.195. The largest absolute Gasteiger partial charge is 0.313 e. The van der Waals surface area contributed by atoms with Crippen LogP contribution in [0.1, 0.15) is 50.6 Å². The van der Waals surface area contributed by atoms with Crippen LogP contribution in [0.5, 0.6) is 0 Å². The minimum atomic E-state index is 0.435. The Morgan fingerprint density at radius 2 is 2.05 bits per heavy atom. The third-order valence-corrected chi connectivity index (χ3v) is 5.16. The molecule has 0 bridgehead atoms. The Hall–Kier alpha value is -1.41. The number of nitrogens with one attached hydrogen (secondary N) is 1. The van der Waals surface area contributed by atoms with Crippen molar-refractivity contribution in [2.75, 3.05) is 7.05 Å². The molecule has 0 spiro atoms. The molecular formula is C18H24N2. The summed E-state index contributed by atoms with van der Waals surface area (Å²) in [6, 6.07) is 11.4. The van der Waals surface area contributed by atoms with Crippen molar-refractivity contribution < 1.29 is 0 Å². The van der Waals surface area contributed by atoms with Crippen LogP contribution < -0.4 is 5.32 Å². The molecule has 20 heavy (non-hydrogen) atoms. The Balaban J connectivity index is 2.02. The van der Waals surface area contributed by atoms with E-state index in [4.69, 9.17) is 0 Å². The average molecular weight is 268 g/mol. The van der Waals surface area contributed by atoms with Gasteiger partial charge in [0.05, 0.1) is 5.52 Å². The van der Waals surface area contributed by atoms with Gasteiger partial charge < -0.3 is 5.32 Å². The summed E-state index contributed by atoms with van der Waals surface area (Å²) in [5, 5.41) is 4.84. The summed E-state index contributed by atoms with van der Waals surface area (Å²) in [6.45, 7) is 2.35. The summed E-state index contributed by atoms with van der Waals surface area (Å²) in [5.41, 5.74) is 2.93. The maximum absolute atomic E-state index is 4.42. The van der Waals surface area contributed by atoms with Gasteiger partial charge in [-0.3, -0.25) is 4.98 Å². The van der Waals surface area contributed by atoms with Crippen LogP contribution in [0.15, 0.2) is 36.5 Å². The third-order valence-electron chi connectivity index (χ3n) is 5.16. The molecule has 1 atom stereocenters. The smallest absolute Gasteiger partial charge is 0.0702 e. The summed E-state index contributed by atoms with van der Waals surface area (Å²) >= 11 is 0. The minimum absolute atomic E-state index is 0.435. The van der Waals surface area contributed by atoms with Gasteiger partial charge in [0.25, 0.3) is 0 Å². The van der Waals surface area contributed by atoms with Crippen LogP contribution in [0.4, 0.5) is 0 Å². The first-order valence-corrected chi connectivity index (χ1v) is 7.81. The quantitative estimate of drug-likeness (QED) is 0.885. The molecule has 2 heteroatoms. The lowest BCUT2D eigenvalue weighted by Crippen LogP contribution is -2.34. The topological polar surface area (TPSA) is 24.9 Å². The van der Waals surface area contributed by atoms with Gasteiger partial charge in [0.1, 0.15) is 0 Å². The van der Waals surface area contributed by atoms with E-state index in [1.807, 2.05) is 12.3 Å². The van der Waals surface area contributed by atoms with Crippen LogP contribution in [-0.2, 0) is 0 Å². The molecule has 1 aliphatic rings.